The average molecular weight is 420 g/mol. The van der Waals surface area contributed by atoms with Crippen LogP contribution in [0, 0.1) is 0 Å². The molecule has 0 saturated heterocycles. The van der Waals surface area contributed by atoms with Crippen molar-refractivity contribution in [2.24, 2.45) is 0 Å². The Bertz CT molecular complexity index is 992. The number of nitrogens with two attached hydrogens (primary N) is 1. The lowest BCUT2D eigenvalue weighted by molar-refractivity contribution is 0.0472. The first kappa shape index (κ1) is 22.2. The van der Waals surface area contributed by atoms with Gasteiger partial charge in [0.2, 0.25) is 0 Å². The van der Waals surface area contributed by atoms with Crippen LogP contribution in [0.1, 0.15) is 42.3 Å². The van der Waals surface area contributed by atoms with Crippen LogP contribution in [-0.2, 0) is 16.8 Å². The molecule has 0 fully saturated rings. The number of ether oxygens (including phenoxy) is 3. The maximum atomic E-state index is 12.4. The van der Waals surface area contributed by atoms with E-state index < -0.39 is 5.97 Å². The minimum atomic E-state index is -0.427. The number of rotatable bonds is 8. The average Bonchev–Trinajstić information content (AvgIpc) is 2.76. The Hall–Kier alpha value is -3.47. The molecule has 0 bridgehead atoms. The summed E-state index contributed by atoms with van der Waals surface area (Å²) in [7, 11) is 0. The second-order valence-corrected chi connectivity index (χ2v) is 8.29. The van der Waals surface area contributed by atoms with Crippen molar-refractivity contribution in [1.29, 1.82) is 0 Å². The molecule has 3 rings (SSSR count). The van der Waals surface area contributed by atoms with E-state index in [0.29, 0.717) is 30.2 Å². The van der Waals surface area contributed by atoms with Crippen molar-refractivity contribution in [2.45, 2.75) is 32.8 Å². The van der Waals surface area contributed by atoms with Gasteiger partial charge in [0, 0.05) is 0 Å². The van der Waals surface area contributed by atoms with Crippen LogP contribution in [-0.4, -0.2) is 19.2 Å². The van der Waals surface area contributed by atoms with Crippen LogP contribution in [0.25, 0.3) is 0 Å². The quantitative estimate of drug-likeness (QED) is 0.301. The highest BCUT2D eigenvalue weighted by molar-refractivity contribution is 5.90. The van der Waals surface area contributed by atoms with Crippen LogP contribution in [0.2, 0.25) is 0 Å². The largest absolute Gasteiger partial charge is 0.490 e. The molecule has 0 spiro atoms. The third-order valence-electron chi connectivity index (χ3n) is 4.79. The third-order valence-corrected chi connectivity index (χ3v) is 4.79. The maximum Gasteiger partial charge on any atom is 0.338 e. The SMILES string of the molecule is CC(C)(C)c1ccc(OCCOc2cc(C(=O)OCc3ccccc3)ccc2N)cc1. The van der Waals surface area contributed by atoms with Crippen LogP contribution in [0.4, 0.5) is 5.69 Å². The van der Waals surface area contributed by atoms with Crippen LogP contribution < -0.4 is 15.2 Å². The Morgan fingerprint density at radius 2 is 1.55 bits per heavy atom. The van der Waals surface area contributed by atoms with Crippen LogP contribution in [0.3, 0.4) is 0 Å². The summed E-state index contributed by atoms with van der Waals surface area (Å²) >= 11 is 0. The number of carbonyl (C=O) groups is 1. The molecule has 162 valence electrons. The molecule has 3 aromatic rings. The smallest absolute Gasteiger partial charge is 0.338 e. The zero-order valence-corrected chi connectivity index (χ0v) is 18.3. The fraction of sp³-hybridized carbons (Fsp3) is 0.269. The molecule has 3 aromatic carbocycles. The topological polar surface area (TPSA) is 70.8 Å². The van der Waals surface area contributed by atoms with E-state index in [9.17, 15) is 4.79 Å². The van der Waals surface area contributed by atoms with Gasteiger partial charge in [-0.1, -0.05) is 63.2 Å². The molecule has 0 aliphatic rings. The van der Waals surface area contributed by atoms with E-state index in [-0.39, 0.29) is 12.0 Å². The minimum Gasteiger partial charge on any atom is -0.490 e. The van der Waals surface area contributed by atoms with Gasteiger partial charge in [0.1, 0.15) is 31.3 Å². The number of hydrogen-bond donors (Lipinski definition) is 1. The predicted molar refractivity (Wildman–Crippen MR) is 123 cm³/mol. The molecular weight excluding hydrogens is 390 g/mol. The molecule has 31 heavy (non-hydrogen) atoms. The zero-order chi connectivity index (χ0) is 22.3. The van der Waals surface area contributed by atoms with Crippen LogP contribution >= 0.6 is 0 Å². The van der Waals surface area contributed by atoms with E-state index in [1.54, 1.807) is 18.2 Å². The molecular formula is C26H29NO4. The van der Waals surface area contributed by atoms with Crippen molar-refractivity contribution in [3.63, 3.8) is 0 Å². The molecule has 0 radical (unpaired) electrons. The molecule has 2 N–H and O–H groups in total. The highest BCUT2D eigenvalue weighted by Gasteiger charge is 2.13. The molecule has 0 saturated carbocycles. The van der Waals surface area contributed by atoms with E-state index in [1.807, 2.05) is 42.5 Å². The van der Waals surface area contributed by atoms with Gasteiger partial charge >= 0.3 is 5.97 Å². The monoisotopic (exact) mass is 419 g/mol. The Labute approximate surface area is 183 Å². The summed E-state index contributed by atoms with van der Waals surface area (Å²) in [6.07, 6.45) is 0. The van der Waals surface area contributed by atoms with Gasteiger partial charge in [0.25, 0.3) is 0 Å². The molecule has 0 aliphatic carbocycles. The summed E-state index contributed by atoms with van der Waals surface area (Å²) in [4.78, 5) is 12.4. The number of esters is 1. The van der Waals surface area contributed by atoms with Gasteiger partial charge in [0.05, 0.1) is 11.3 Å². The fourth-order valence-electron chi connectivity index (χ4n) is 2.96. The minimum absolute atomic E-state index is 0.104. The van der Waals surface area contributed by atoms with Gasteiger partial charge < -0.3 is 19.9 Å². The second kappa shape index (κ2) is 10.0. The van der Waals surface area contributed by atoms with Gasteiger partial charge in [-0.05, 0) is 46.9 Å². The van der Waals surface area contributed by atoms with Crippen molar-refractivity contribution in [3.8, 4) is 11.5 Å². The standard InChI is InChI=1S/C26H29NO4/c1-26(2,3)21-10-12-22(13-11-21)29-15-16-30-24-17-20(9-14-23(24)27)25(28)31-18-19-7-5-4-6-8-19/h4-14,17H,15-16,18,27H2,1-3H3. The maximum absolute atomic E-state index is 12.4. The van der Waals surface area contributed by atoms with Crippen molar-refractivity contribution in [1.82, 2.24) is 0 Å². The van der Waals surface area contributed by atoms with Gasteiger partial charge in [-0.25, -0.2) is 4.79 Å². The van der Waals surface area contributed by atoms with E-state index in [0.717, 1.165) is 11.3 Å². The summed E-state index contributed by atoms with van der Waals surface area (Å²) in [6.45, 7) is 7.39. The van der Waals surface area contributed by atoms with Crippen molar-refractivity contribution >= 4 is 11.7 Å². The Morgan fingerprint density at radius 1 is 0.871 bits per heavy atom. The normalized spacial score (nSPS) is 11.1. The summed E-state index contributed by atoms with van der Waals surface area (Å²) in [6, 6.07) is 22.4. The number of benzene rings is 3. The van der Waals surface area contributed by atoms with Gasteiger partial charge in [0.15, 0.2) is 0 Å². The number of carbonyl (C=O) groups excluding carboxylic acids is 1. The first-order chi connectivity index (χ1) is 14.8. The summed E-state index contributed by atoms with van der Waals surface area (Å²) in [5, 5.41) is 0. The predicted octanol–water partition coefficient (Wildman–Crippen LogP) is 5.38. The third kappa shape index (κ3) is 6.51. The summed E-state index contributed by atoms with van der Waals surface area (Å²) < 4.78 is 16.8. The van der Waals surface area contributed by atoms with E-state index in [2.05, 4.69) is 32.9 Å². The molecule has 0 aromatic heterocycles. The van der Waals surface area contributed by atoms with Gasteiger partial charge in [-0.15, -0.1) is 0 Å². The van der Waals surface area contributed by atoms with Crippen LogP contribution in [0.15, 0.2) is 72.8 Å². The van der Waals surface area contributed by atoms with Crippen molar-refractivity contribution < 1.29 is 19.0 Å². The molecule has 0 unspecified atom stereocenters. The molecule has 0 heterocycles. The molecule has 5 nitrogen and oxygen atoms in total. The highest BCUT2D eigenvalue weighted by Crippen LogP contribution is 2.25. The first-order valence-corrected chi connectivity index (χ1v) is 10.3. The van der Waals surface area contributed by atoms with Gasteiger partial charge in [-0.3, -0.25) is 0 Å². The van der Waals surface area contributed by atoms with Crippen LogP contribution in [0.5, 0.6) is 11.5 Å². The lowest BCUT2D eigenvalue weighted by Crippen LogP contribution is -2.12. The number of hydrogen-bond acceptors (Lipinski definition) is 5. The highest BCUT2D eigenvalue weighted by atomic mass is 16.5. The summed E-state index contributed by atoms with van der Waals surface area (Å²) in [5.74, 6) is 0.785. The first-order valence-electron chi connectivity index (χ1n) is 10.3. The Kier molecular flexibility index (Phi) is 7.19. The van der Waals surface area contributed by atoms with Crippen molar-refractivity contribution in [3.05, 3.63) is 89.5 Å². The molecule has 0 aliphatic heterocycles. The lowest BCUT2D eigenvalue weighted by atomic mass is 9.87. The fourth-order valence-corrected chi connectivity index (χ4v) is 2.96. The summed E-state index contributed by atoms with van der Waals surface area (Å²) in [5.41, 5.74) is 9.11. The van der Waals surface area contributed by atoms with E-state index in [4.69, 9.17) is 19.9 Å². The van der Waals surface area contributed by atoms with E-state index >= 15 is 0 Å². The molecule has 0 amide bonds. The van der Waals surface area contributed by atoms with E-state index in [1.165, 1.54) is 5.56 Å². The number of nitrogen functional groups attached to an aromatic ring is 1. The van der Waals surface area contributed by atoms with Gasteiger partial charge in [-0.2, -0.15) is 0 Å². The van der Waals surface area contributed by atoms with Crippen molar-refractivity contribution in [2.75, 3.05) is 18.9 Å². The molecule has 0 atom stereocenters. The zero-order valence-electron chi connectivity index (χ0n) is 18.3. The Morgan fingerprint density at radius 3 is 2.23 bits per heavy atom. The second-order valence-electron chi connectivity index (χ2n) is 8.29. The molecule has 5 heteroatoms. The lowest BCUT2D eigenvalue weighted by Gasteiger charge is -2.19. The number of anilines is 1. The Balaban J connectivity index is 1.50.